The van der Waals surface area contributed by atoms with Gasteiger partial charge in [-0.1, -0.05) is 44.0 Å². The van der Waals surface area contributed by atoms with Gasteiger partial charge in [0.1, 0.15) is 5.82 Å². The Balaban J connectivity index is 2.56. The first-order valence-corrected chi connectivity index (χ1v) is 6.78. The minimum atomic E-state index is -0.302. The van der Waals surface area contributed by atoms with Crippen molar-refractivity contribution in [1.82, 2.24) is 4.90 Å². The zero-order valence-corrected chi connectivity index (χ0v) is 11.9. The molecule has 1 heterocycles. The number of carbonyl (C=O) groups excluding carboxylic acids is 1. The summed E-state index contributed by atoms with van der Waals surface area (Å²) >= 11 is 0. The Hall–Kier alpha value is -2.42. The predicted molar refractivity (Wildman–Crippen MR) is 83.1 cm³/mol. The topological polar surface area (TPSA) is 20.3 Å². The molecule has 3 heteroatoms. The molecule has 0 bridgehead atoms. The molecule has 0 saturated heterocycles. The van der Waals surface area contributed by atoms with E-state index in [9.17, 15) is 9.18 Å². The van der Waals surface area contributed by atoms with Gasteiger partial charge >= 0.3 is 0 Å². The molecule has 0 unspecified atom stereocenters. The van der Waals surface area contributed by atoms with Crippen molar-refractivity contribution in [3.8, 4) is 0 Å². The molecule has 1 amide bonds. The maximum Gasteiger partial charge on any atom is 0.246 e. The van der Waals surface area contributed by atoms with Crippen LogP contribution in [0.2, 0.25) is 0 Å². The Kier molecular flexibility index (Phi) is 4.53. The smallest absolute Gasteiger partial charge is 0.246 e. The van der Waals surface area contributed by atoms with Crippen LogP contribution in [0.3, 0.4) is 0 Å². The summed E-state index contributed by atoms with van der Waals surface area (Å²) in [5.41, 5.74) is 2.84. The van der Waals surface area contributed by atoms with E-state index in [0.29, 0.717) is 6.54 Å². The molecule has 0 N–H and O–H groups in total. The molecule has 1 atom stereocenters. The molecule has 21 heavy (non-hydrogen) atoms. The number of nitrogens with zero attached hydrogens (tertiary/aromatic N) is 1. The molecule has 1 aliphatic rings. The Morgan fingerprint density at radius 3 is 2.38 bits per heavy atom. The van der Waals surface area contributed by atoms with E-state index < -0.39 is 0 Å². The van der Waals surface area contributed by atoms with Crippen LogP contribution in [0.25, 0.3) is 0 Å². The standard InChI is InChI=1S/C18H18FNO/c1-4-13-11-12-20(17(21)6-3)18(16(13)5-2)14-7-9-15(19)10-8-14/h4-10,18H,1-3,11-12H2/t18-/m0/s1. The van der Waals surface area contributed by atoms with Crippen LogP contribution in [0, 0.1) is 5.82 Å². The zero-order valence-electron chi connectivity index (χ0n) is 11.9. The summed E-state index contributed by atoms with van der Waals surface area (Å²) in [6, 6.07) is 5.90. The number of hydrogen-bond acceptors (Lipinski definition) is 1. The van der Waals surface area contributed by atoms with Crippen LogP contribution >= 0.6 is 0 Å². The van der Waals surface area contributed by atoms with E-state index in [2.05, 4.69) is 19.7 Å². The molecular weight excluding hydrogens is 265 g/mol. The van der Waals surface area contributed by atoms with Crippen LogP contribution in [0.1, 0.15) is 18.0 Å². The minimum Gasteiger partial charge on any atom is -0.328 e. The van der Waals surface area contributed by atoms with Gasteiger partial charge in [0.15, 0.2) is 0 Å². The summed E-state index contributed by atoms with van der Waals surface area (Å²) in [5.74, 6) is -0.448. The molecule has 0 radical (unpaired) electrons. The largest absolute Gasteiger partial charge is 0.328 e. The highest BCUT2D eigenvalue weighted by Gasteiger charge is 2.30. The molecule has 2 nitrogen and oxygen atoms in total. The van der Waals surface area contributed by atoms with Crippen LogP contribution in [-0.2, 0) is 4.79 Å². The lowest BCUT2D eigenvalue weighted by Gasteiger charge is -2.37. The van der Waals surface area contributed by atoms with Crippen molar-refractivity contribution in [3.63, 3.8) is 0 Å². The molecule has 0 fully saturated rings. The summed E-state index contributed by atoms with van der Waals surface area (Å²) in [6.45, 7) is 11.8. The highest BCUT2D eigenvalue weighted by Crippen LogP contribution is 2.37. The average molecular weight is 283 g/mol. The van der Waals surface area contributed by atoms with Crippen LogP contribution in [-0.4, -0.2) is 17.4 Å². The van der Waals surface area contributed by atoms with Crippen molar-refractivity contribution in [2.75, 3.05) is 6.54 Å². The van der Waals surface area contributed by atoms with Crippen molar-refractivity contribution in [2.24, 2.45) is 0 Å². The Morgan fingerprint density at radius 1 is 1.19 bits per heavy atom. The Morgan fingerprint density at radius 2 is 1.86 bits per heavy atom. The third-order valence-electron chi connectivity index (χ3n) is 3.71. The first kappa shape index (κ1) is 15.0. The van der Waals surface area contributed by atoms with Crippen molar-refractivity contribution >= 4 is 5.91 Å². The van der Waals surface area contributed by atoms with Crippen molar-refractivity contribution in [1.29, 1.82) is 0 Å². The molecule has 0 saturated carbocycles. The van der Waals surface area contributed by atoms with E-state index in [1.807, 2.05) is 0 Å². The molecule has 0 aromatic heterocycles. The van der Waals surface area contributed by atoms with E-state index in [0.717, 1.165) is 23.1 Å². The monoisotopic (exact) mass is 283 g/mol. The summed E-state index contributed by atoms with van der Waals surface area (Å²) in [7, 11) is 0. The number of benzene rings is 1. The van der Waals surface area contributed by atoms with Gasteiger partial charge < -0.3 is 4.90 Å². The molecule has 1 aliphatic heterocycles. The van der Waals surface area contributed by atoms with Crippen molar-refractivity contribution in [2.45, 2.75) is 12.5 Å². The van der Waals surface area contributed by atoms with Gasteiger partial charge in [-0.2, -0.15) is 0 Å². The second-order valence-corrected chi connectivity index (χ2v) is 4.83. The van der Waals surface area contributed by atoms with E-state index in [4.69, 9.17) is 0 Å². The second kappa shape index (κ2) is 6.35. The Labute approximate surface area is 124 Å². The average Bonchev–Trinajstić information content (AvgIpc) is 2.53. The lowest BCUT2D eigenvalue weighted by atomic mass is 9.88. The molecule has 2 rings (SSSR count). The van der Waals surface area contributed by atoms with Gasteiger partial charge in [-0.05, 0) is 41.3 Å². The first-order chi connectivity index (χ1) is 10.1. The highest BCUT2D eigenvalue weighted by molar-refractivity contribution is 5.88. The van der Waals surface area contributed by atoms with Crippen LogP contribution in [0.5, 0.6) is 0 Å². The number of amides is 1. The normalized spacial score (nSPS) is 18.3. The second-order valence-electron chi connectivity index (χ2n) is 4.83. The SMILES string of the molecule is C=CC(=O)N1CCC(C=C)=C(C=C)[C@@H]1c1ccc(F)cc1. The summed E-state index contributed by atoms with van der Waals surface area (Å²) in [6.07, 6.45) is 5.56. The lowest BCUT2D eigenvalue weighted by Crippen LogP contribution is -2.38. The fraction of sp³-hybridized carbons (Fsp3) is 0.167. The van der Waals surface area contributed by atoms with E-state index >= 15 is 0 Å². The van der Waals surface area contributed by atoms with Gasteiger partial charge in [-0.25, -0.2) is 4.39 Å². The fourth-order valence-corrected chi connectivity index (χ4v) is 2.68. The number of halogens is 1. The van der Waals surface area contributed by atoms with Crippen LogP contribution in [0.4, 0.5) is 4.39 Å². The van der Waals surface area contributed by atoms with Gasteiger partial charge in [0.05, 0.1) is 6.04 Å². The molecular formula is C18H18FNO. The van der Waals surface area contributed by atoms with Crippen LogP contribution in [0.15, 0.2) is 73.4 Å². The lowest BCUT2D eigenvalue weighted by molar-refractivity contribution is -0.127. The van der Waals surface area contributed by atoms with E-state index in [-0.39, 0.29) is 17.8 Å². The maximum atomic E-state index is 13.2. The van der Waals surface area contributed by atoms with Gasteiger partial charge in [0, 0.05) is 6.54 Å². The summed E-state index contributed by atoms with van der Waals surface area (Å²) in [5, 5.41) is 0. The third kappa shape index (κ3) is 2.87. The third-order valence-corrected chi connectivity index (χ3v) is 3.71. The molecule has 1 aromatic rings. The first-order valence-electron chi connectivity index (χ1n) is 6.78. The number of allylic oxidation sites excluding steroid dienone is 1. The van der Waals surface area contributed by atoms with E-state index in [1.165, 1.54) is 18.2 Å². The molecule has 0 aliphatic carbocycles. The fourth-order valence-electron chi connectivity index (χ4n) is 2.68. The van der Waals surface area contributed by atoms with Crippen molar-refractivity contribution in [3.05, 3.63) is 84.8 Å². The van der Waals surface area contributed by atoms with Crippen molar-refractivity contribution < 1.29 is 9.18 Å². The maximum absolute atomic E-state index is 13.2. The minimum absolute atomic E-state index is 0.146. The summed E-state index contributed by atoms with van der Waals surface area (Å²) < 4.78 is 13.2. The molecule has 1 aromatic carbocycles. The summed E-state index contributed by atoms with van der Waals surface area (Å²) in [4.78, 5) is 13.9. The van der Waals surface area contributed by atoms with Gasteiger partial charge in [0.2, 0.25) is 5.91 Å². The zero-order chi connectivity index (χ0) is 15.4. The van der Waals surface area contributed by atoms with Gasteiger partial charge in [0.25, 0.3) is 0 Å². The van der Waals surface area contributed by atoms with E-state index in [1.54, 1.807) is 29.2 Å². The number of carbonyl (C=O) groups is 1. The van der Waals surface area contributed by atoms with Gasteiger partial charge in [-0.15, -0.1) is 0 Å². The Bertz CT molecular complexity index is 613. The quantitative estimate of drug-likeness (QED) is 0.766. The number of hydrogen-bond donors (Lipinski definition) is 0. The highest BCUT2D eigenvalue weighted by atomic mass is 19.1. The predicted octanol–water partition coefficient (Wildman–Crippen LogP) is 3.95. The number of rotatable bonds is 4. The van der Waals surface area contributed by atoms with Crippen LogP contribution < -0.4 is 0 Å². The molecule has 0 spiro atoms. The molecule has 108 valence electrons. The van der Waals surface area contributed by atoms with Gasteiger partial charge in [-0.3, -0.25) is 4.79 Å².